The first-order valence-corrected chi connectivity index (χ1v) is 3.59. The van der Waals surface area contributed by atoms with E-state index in [1.807, 2.05) is 0 Å². The fourth-order valence-corrected chi connectivity index (χ4v) is 0.739. The van der Waals surface area contributed by atoms with Crippen LogP contribution in [0.1, 0.15) is 25.7 Å². The molecule has 0 aromatic rings. The standard InChI is InChI=1S/C7H16N2O.ClH/c1-10-6-4-2-3-5-7(8)9;/h2-6H2,1H3,(H3,8,9);1H. The molecule has 0 aliphatic rings. The van der Waals surface area contributed by atoms with E-state index >= 15 is 0 Å². The van der Waals surface area contributed by atoms with Gasteiger partial charge in [0.15, 0.2) is 0 Å². The second-order valence-corrected chi connectivity index (χ2v) is 2.33. The number of ether oxygens (including phenoxy) is 1. The van der Waals surface area contributed by atoms with Crippen molar-refractivity contribution in [2.75, 3.05) is 13.7 Å². The van der Waals surface area contributed by atoms with Gasteiger partial charge in [-0.05, 0) is 12.8 Å². The molecule has 0 radical (unpaired) electrons. The zero-order chi connectivity index (χ0) is 7.82. The van der Waals surface area contributed by atoms with Gasteiger partial charge in [0.25, 0.3) is 0 Å². The predicted octanol–water partition coefficient (Wildman–Crippen LogP) is 1.55. The normalized spacial score (nSPS) is 8.82. The zero-order valence-electron chi connectivity index (χ0n) is 6.93. The van der Waals surface area contributed by atoms with Crippen molar-refractivity contribution in [3.05, 3.63) is 0 Å². The molecule has 0 aliphatic heterocycles. The predicted molar refractivity (Wildman–Crippen MR) is 49.5 cm³/mol. The van der Waals surface area contributed by atoms with Crippen molar-refractivity contribution in [3.8, 4) is 0 Å². The van der Waals surface area contributed by atoms with Crippen LogP contribution in [-0.4, -0.2) is 19.6 Å². The van der Waals surface area contributed by atoms with Crippen LogP contribution in [0.25, 0.3) is 0 Å². The zero-order valence-corrected chi connectivity index (χ0v) is 7.75. The highest BCUT2D eigenvalue weighted by Gasteiger charge is 1.90. The maximum absolute atomic E-state index is 6.92. The van der Waals surface area contributed by atoms with Gasteiger partial charge in [0, 0.05) is 20.1 Å². The molecule has 0 atom stereocenters. The van der Waals surface area contributed by atoms with Crippen molar-refractivity contribution >= 4 is 18.2 Å². The summed E-state index contributed by atoms with van der Waals surface area (Å²) in [7, 11) is 1.70. The van der Waals surface area contributed by atoms with Crippen molar-refractivity contribution in [1.29, 1.82) is 5.41 Å². The monoisotopic (exact) mass is 180 g/mol. The molecule has 0 saturated carbocycles. The Hall–Kier alpha value is -0.280. The number of rotatable bonds is 6. The van der Waals surface area contributed by atoms with E-state index < -0.39 is 0 Å². The van der Waals surface area contributed by atoms with Crippen LogP contribution in [0.2, 0.25) is 0 Å². The molecule has 0 spiro atoms. The van der Waals surface area contributed by atoms with Gasteiger partial charge in [-0.1, -0.05) is 6.42 Å². The van der Waals surface area contributed by atoms with Crippen LogP contribution < -0.4 is 5.73 Å². The van der Waals surface area contributed by atoms with Crippen LogP contribution in [0.5, 0.6) is 0 Å². The molecular formula is C7H17ClN2O. The van der Waals surface area contributed by atoms with Gasteiger partial charge in [0.2, 0.25) is 0 Å². The second-order valence-electron chi connectivity index (χ2n) is 2.33. The number of methoxy groups -OCH3 is 1. The van der Waals surface area contributed by atoms with Crippen LogP contribution in [0.3, 0.4) is 0 Å². The van der Waals surface area contributed by atoms with Crippen molar-refractivity contribution in [3.63, 3.8) is 0 Å². The summed E-state index contributed by atoms with van der Waals surface area (Å²) in [6, 6.07) is 0. The van der Waals surface area contributed by atoms with Gasteiger partial charge in [-0.25, -0.2) is 0 Å². The Labute approximate surface area is 74.2 Å². The van der Waals surface area contributed by atoms with Gasteiger partial charge in [0.1, 0.15) is 0 Å². The molecule has 0 fully saturated rings. The molecular weight excluding hydrogens is 164 g/mol. The fourth-order valence-electron chi connectivity index (χ4n) is 0.739. The lowest BCUT2D eigenvalue weighted by molar-refractivity contribution is 0.192. The Morgan fingerprint density at radius 3 is 2.45 bits per heavy atom. The van der Waals surface area contributed by atoms with Crippen molar-refractivity contribution in [2.24, 2.45) is 5.73 Å². The smallest absolute Gasteiger partial charge is 0.0905 e. The number of halogens is 1. The number of unbranched alkanes of at least 4 members (excludes halogenated alkanes) is 2. The van der Waals surface area contributed by atoms with Gasteiger partial charge in [-0.3, -0.25) is 5.41 Å². The lowest BCUT2D eigenvalue weighted by Gasteiger charge is -1.98. The summed E-state index contributed by atoms with van der Waals surface area (Å²) in [4.78, 5) is 0. The summed E-state index contributed by atoms with van der Waals surface area (Å²) in [6.45, 7) is 0.817. The van der Waals surface area contributed by atoms with E-state index in [9.17, 15) is 0 Å². The number of hydrogen-bond donors (Lipinski definition) is 2. The van der Waals surface area contributed by atoms with E-state index in [2.05, 4.69) is 0 Å². The maximum atomic E-state index is 6.92. The molecule has 0 bridgehead atoms. The van der Waals surface area contributed by atoms with Crippen LogP contribution in [0.4, 0.5) is 0 Å². The molecule has 0 unspecified atom stereocenters. The molecule has 0 heterocycles. The Kier molecular flexibility index (Phi) is 11.8. The highest BCUT2D eigenvalue weighted by Crippen LogP contribution is 1.98. The maximum Gasteiger partial charge on any atom is 0.0905 e. The molecule has 3 N–H and O–H groups in total. The number of hydrogen-bond acceptors (Lipinski definition) is 2. The van der Waals surface area contributed by atoms with E-state index in [1.54, 1.807) is 7.11 Å². The Morgan fingerprint density at radius 2 is 2.00 bits per heavy atom. The van der Waals surface area contributed by atoms with E-state index in [0.717, 1.165) is 32.3 Å². The van der Waals surface area contributed by atoms with Gasteiger partial charge >= 0.3 is 0 Å². The first-order chi connectivity index (χ1) is 4.77. The van der Waals surface area contributed by atoms with E-state index in [0.29, 0.717) is 0 Å². The Bertz CT molecular complexity index is 98.4. The number of nitrogens with one attached hydrogen (secondary N) is 1. The molecule has 0 amide bonds. The minimum Gasteiger partial charge on any atom is -0.388 e. The Balaban J connectivity index is 0. The van der Waals surface area contributed by atoms with Crippen LogP contribution in [-0.2, 0) is 4.74 Å². The topological polar surface area (TPSA) is 59.1 Å². The summed E-state index contributed by atoms with van der Waals surface area (Å²) >= 11 is 0. The lowest BCUT2D eigenvalue weighted by atomic mass is 10.2. The third-order valence-electron chi connectivity index (χ3n) is 1.29. The third-order valence-corrected chi connectivity index (χ3v) is 1.29. The largest absolute Gasteiger partial charge is 0.388 e. The van der Waals surface area contributed by atoms with E-state index in [-0.39, 0.29) is 18.2 Å². The average molecular weight is 181 g/mol. The Morgan fingerprint density at radius 1 is 1.36 bits per heavy atom. The first kappa shape index (κ1) is 13.3. The van der Waals surface area contributed by atoms with Crippen molar-refractivity contribution < 1.29 is 4.74 Å². The van der Waals surface area contributed by atoms with Gasteiger partial charge < -0.3 is 10.5 Å². The number of amidine groups is 1. The molecule has 0 aromatic heterocycles. The SMILES string of the molecule is COCCCCCC(=N)N.Cl. The summed E-state index contributed by atoms with van der Waals surface area (Å²) in [5, 5.41) is 6.92. The fraction of sp³-hybridized carbons (Fsp3) is 0.857. The van der Waals surface area contributed by atoms with Gasteiger partial charge in [0.05, 0.1) is 5.84 Å². The molecule has 4 heteroatoms. The van der Waals surface area contributed by atoms with Crippen LogP contribution in [0, 0.1) is 5.41 Å². The molecule has 0 saturated heterocycles. The third kappa shape index (κ3) is 12.8. The quantitative estimate of drug-likeness (QED) is 0.370. The summed E-state index contributed by atoms with van der Waals surface area (Å²) in [6.07, 6.45) is 3.92. The summed E-state index contributed by atoms with van der Waals surface area (Å²) in [5.74, 6) is 0.289. The molecule has 11 heavy (non-hydrogen) atoms. The minimum absolute atomic E-state index is 0. The van der Waals surface area contributed by atoms with Crippen LogP contribution in [0.15, 0.2) is 0 Å². The second kappa shape index (κ2) is 9.72. The molecule has 0 rings (SSSR count). The summed E-state index contributed by atoms with van der Waals surface area (Å²) < 4.78 is 4.86. The van der Waals surface area contributed by atoms with E-state index in [1.165, 1.54) is 0 Å². The van der Waals surface area contributed by atoms with E-state index in [4.69, 9.17) is 15.9 Å². The van der Waals surface area contributed by atoms with Crippen LogP contribution >= 0.6 is 12.4 Å². The van der Waals surface area contributed by atoms with Gasteiger partial charge in [-0.15, -0.1) is 12.4 Å². The average Bonchev–Trinajstić information content (AvgIpc) is 1.87. The van der Waals surface area contributed by atoms with Crippen molar-refractivity contribution in [1.82, 2.24) is 0 Å². The highest BCUT2D eigenvalue weighted by atomic mass is 35.5. The highest BCUT2D eigenvalue weighted by molar-refractivity contribution is 5.85. The molecule has 0 aromatic carbocycles. The number of nitrogens with two attached hydrogens (primary N) is 1. The van der Waals surface area contributed by atoms with Crippen molar-refractivity contribution in [2.45, 2.75) is 25.7 Å². The lowest BCUT2D eigenvalue weighted by Crippen LogP contribution is -2.08. The van der Waals surface area contributed by atoms with Gasteiger partial charge in [-0.2, -0.15) is 0 Å². The minimum atomic E-state index is 0. The summed E-state index contributed by atoms with van der Waals surface area (Å²) in [5.41, 5.74) is 5.16. The molecule has 3 nitrogen and oxygen atoms in total. The molecule has 68 valence electrons. The molecule has 0 aliphatic carbocycles. The first-order valence-electron chi connectivity index (χ1n) is 3.59.